The molecule has 0 fully saturated rings. The second kappa shape index (κ2) is 9.36. The Bertz CT molecular complexity index is 985. The molecule has 1 aliphatic rings. The Labute approximate surface area is 175 Å². The molecule has 2 heterocycles. The zero-order valence-electron chi connectivity index (χ0n) is 16.9. The highest BCUT2D eigenvalue weighted by atomic mass is 32.2. The number of aryl methyl sites for hydroxylation is 1. The van der Waals surface area contributed by atoms with Crippen LogP contribution in [0.5, 0.6) is 0 Å². The van der Waals surface area contributed by atoms with Gasteiger partial charge in [-0.15, -0.1) is 11.3 Å². The van der Waals surface area contributed by atoms with Crippen molar-refractivity contribution >= 4 is 27.3 Å². The zero-order valence-corrected chi connectivity index (χ0v) is 18.5. The predicted molar refractivity (Wildman–Crippen MR) is 112 cm³/mol. The van der Waals surface area contributed by atoms with E-state index >= 15 is 0 Å². The van der Waals surface area contributed by atoms with Crippen molar-refractivity contribution < 1.29 is 22.7 Å². The second-order valence-corrected chi connectivity index (χ2v) is 10.1. The third-order valence-electron chi connectivity index (χ3n) is 4.82. The van der Waals surface area contributed by atoms with Gasteiger partial charge in [0.2, 0.25) is 0 Å². The quantitative estimate of drug-likeness (QED) is 0.503. The molecule has 3 rings (SSSR count). The van der Waals surface area contributed by atoms with E-state index in [1.165, 1.54) is 25.3 Å². The van der Waals surface area contributed by atoms with E-state index in [4.69, 9.17) is 9.47 Å². The number of esters is 1. The molecule has 29 heavy (non-hydrogen) atoms. The minimum absolute atomic E-state index is 0.0304. The van der Waals surface area contributed by atoms with Crippen molar-refractivity contribution in [3.05, 3.63) is 51.4 Å². The molecule has 2 aromatic rings. The molecule has 0 spiro atoms. The normalized spacial score (nSPS) is 14.6. The molecular formula is C20H26N2O5S2. The molecule has 1 aromatic heterocycles. The molecule has 0 atom stereocenters. The number of nitrogens with one attached hydrogen (secondary N) is 1. The number of hydrogen-bond donors (Lipinski definition) is 1. The highest BCUT2D eigenvalue weighted by Gasteiger charge is 2.33. The largest absolute Gasteiger partial charge is 0.465 e. The highest BCUT2D eigenvalue weighted by molar-refractivity contribution is 7.91. The van der Waals surface area contributed by atoms with Gasteiger partial charge in [-0.25, -0.2) is 17.9 Å². The molecule has 0 saturated heterocycles. The first-order valence-corrected chi connectivity index (χ1v) is 11.6. The van der Waals surface area contributed by atoms with Gasteiger partial charge in [-0.3, -0.25) is 4.90 Å². The predicted octanol–water partition coefficient (Wildman–Crippen LogP) is 2.33. The lowest BCUT2D eigenvalue weighted by Crippen LogP contribution is -2.30. The van der Waals surface area contributed by atoms with Gasteiger partial charge in [0.15, 0.2) is 0 Å². The molecule has 158 valence electrons. The van der Waals surface area contributed by atoms with Crippen LogP contribution in [0.3, 0.4) is 0 Å². The standard InChI is InChI=1S/C20H26N2O5S2/c1-14-5-4-6-15(11-14)12-22-9-7-16-17(13-22)28-20(18(16)19(23)27-3)29(24,25)21-8-10-26-2/h4-6,11,21H,7-10,12-13H2,1-3H3. The van der Waals surface area contributed by atoms with E-state index in [0.717, 1.165) is 34.9 Å². The Hall–Kier alpha value is -1.78. The molecule has 0 amide bonds. The monoisotopic (exact) mass is 438 g/mol. The number of carbonyl (C=O) groups excluding carboxylic acids is 1. The summed E-state index contributed by atoms with van der Waals surface area (Å²) >= 11 is 1.15. The van der Waals surface area contributed by atoms with Crippen molar-refractivity contribution in [3.63, 3.8) is 0 Å². The molecule has 0 radical (unpaired) electrons. The van der Waals surface area contributed by atoms with Gasteiger partial charge in [-0.1, -0.05) is 29.8 Å². The average molecular weight is 439 g/mol. The number of benzene rings is 1. The summed E-state index contributed by atoms with van der Waals surface area (Å²) < 4.78 is 37.9. The van der Waals surface area contributed by atoms with Gasteiger partial charge in [-0.05, 0) is 24.5 Å². The molecule has 9 heteroatoms. The van der Waals surface area contributed by atoms with Crippen molar-refractivity contribution in [2.24, 2.45) is 0 Å². The highest BCUT2D eigenvalue weighted by Crippen LogP contribution is 2.37. The summed E-state index contributed by atoms with van der Waals surface area (Å²) in [5, 5.41) is 0. The first-order valence-electron chi connectivity index (χ1n) is 9.35. The fraction of sp³-hybridized carbons (Fsp3) is 0.450. The first kappa shape index (κ1) is 21.9. The van der Waals surface area contributed by atoms with Crippen molar-refractivity contribution in [1.29, 1.82) is 0 Å². The van der Waals surface area contributed by atoms with E-state index < -0.39 is 16.0 Å². The SMILES string of the molecule is COCCNS(=O)(=O)c1sc2c(c1C(=O)OC)CCN(Cc1cccc(C)c1)C2. The molecule has 0 saturated carbocycles. The number of nitrogens with zero attached hydrogens (tertiary/aromatic N) is 1. The lowest BCUT2D eigenvalue weighted by molar-refractivity contribution is 0.0595. The Morgan fingerprint density at radius 1 is 1.31 bits per heavy atom. The van der Waals surface area contributed by atoms with E-state index in [9.17, 15) is 13.2 Å². The smallest absolute Gasteiger partial charge is 0.340 e. The van der Waals surface area contributed by atoms with Gasteiger partial charge < -0.3 is 9.47 Å². The van der Waals surface area contributed by atoms with E-state index in [1.54, 1.807) is 0 Å². The van der Waals surface area contributed by atoms with Crippen molar-refractivity contribution in [2.45, 2.75) is 30.6 Å². The van der Waals surface area contributed by atoms with Gasteiger partial charge in [0.25, 0.3) is 10.0 Å². The van der Waals surface area contributed by atoms with Crippen LogP contribution in [0, 0.1) is 6.92 Å². The van der Waals surface area contributed by atoms with Crippen LogP contribution in [0.4, 0.5) is 0 Å². The summed E-state index contributed by atoms with van der Waals surface area (Å²) in [4.78, 5) is 15.6. The van der Waals surface area contributed by atoms with Gasteiger partial charge in [0.1, 0.15) is 4.21 Å². The lowest BCUT2D eigenvalue weighted by atomic mass is 10.0. The van der Waals surface area contributed by atoms with Crippen LogP contribution in [0.15, 0.2) is 28.5 Å². The minimum Gasteiger partial charge on any atom is -0.465 e. The average Bonchev–Trinajstić information content (AvgIpc) is 3.07. The third kappa shape index (κ3) is 5.04. The van der Waals surface area contributed by atoms with Crippen LogP contribution >= 0.6 is 11.3 Å². The van der Waals surface area contributed by atoms with Gasteiger partial charge in [-0.2, -0.15) is 0 Å². The van der Waals surface area contributed by atoms with Crippen LogP contribution in [0.25, 0.3) is 0 Å². The topological polar surface area (TPSA) is 84.9 Å². The Morgan fingerprint density at radius 3 is 2.79 bits per heavy atom. The van der Waals surface area contributed by atoms with Gasteiger partial charge >= 0.3 is 5.97 Å². The van der Waals surface area contributed by atoms with Crippen LogP contribution < -0.4 is 4.72 Å². The number of ether oxygens (including phenoxy) is 2. The number of thiophene rings is 1. The number of rotatable bonds is 8. The molecule has 0 aliphatic carbocycles. The summed E-state index contributed by atoms with van der Waals surface area (Å²) in [6, 6.07) is 8.34. The molecular weight excluding hydrogens is 412 g/mol. The minimum atomic E-state index is -3.83. The van der Waals surface area contributed by atoms with Crippen LogP contribution in [-0.4, -0.2) is 53.2 Å². The van der Waals surface area contributed by atoms with E-state index in [-0.39, 0.29) is 22.9 Å². The maximum Gasteiger partial charge on any atom is 0.340 e. The molecule has 1 aromatic carbocycles. The van der Waals surface area contributed by atoms with E-state index in [1.807, 2.05) is 6.07 Å². The van der Waals surface area contributed by atoms with Crippen molar-refractivity contribution in [1.82, 2.24) is 9.62 Å². The lowest BCUT2D eigenvalue weighted by Gasteiger charge is -2.27. The summed E-state index contributed by atoms with van der Waals surface area (Å²) in [5.74, 6) is -0.609. The maximum absolute atomic E-state index is 12.8. The maximum atomic E-state index is 12.8. The fourth-order valence-corrected chi connectivity index (χ4v) is 6.46. The Kier molecular flexibility index (Phi) is 7.07. The van der Waals surface area contributed by atoms with Crippen molar-refractivity contribution in [2.75, 3.05) is 33.9 Å². The Morgan fingerprint density at radius 2 is 2.10 bits per heavy atom. The Balaban J connectivity index is 1.88. The number of fused-ring (bicyclic) bond motifs is 1. The summed E-state index contributed by atoms with van der Waals surface area (Å²) in [7, 11) is -1.05. The number of carbonyl (C=O) groups is 1. The first-order chi connectivity index (χ1) is 13.9. The molecule has 7 nitrogen and oxygen atoms in total. The summed E-state index contributed by atoms with van der Waals surface area (Å²) in [6.45, 7) is 4.58. The van der Waals surface area contributed by atoms with Gasteiger partial charge in [0.05, 0.1) is 19.3 Å². The van der Waals surface area contributed by atoms with Crippen LogP contribution in [0.2, 0.25) is 0 Å². The van der Waals surface area contributed by atoms with Crippen molar-refractivity contribution in [3.8, 4) is 0 Å². The van der Waals surface area contributed by atoms with E-state index in [0.29, 0.717) is 13.0 Å². The number of methoxy groups -OCH3 is 2. The molecule has 0 unspecified atom stereocenters. The molecule has 0 bridgehead atoms. The molecule has 1 aliphatic heterocycles. The fourth-order valence-electron chi connectivity index (χ4n) is 3.48. The molecule has 1 N–H and O–H groups in total. The number of sulfonamides is 1. The van der Waals surface area contributed by atoms with E-state index in [2.05, 4.69) is 34.7 Å². The second-order valence-electron chi connectivity index (χ2n) is 7.00. The van der Waals surface area contributed by atoms with Crippen LogP contribution in [0.1, 0.15) is 31.9 Å². The third-order valence-corrected chi connectivity index (χ3v) is 8.02. The van der Waals surface area contributed by atoms with Crippen LogP contribution in [-0.2, 0) is 39.0 Å². The summed E-state index contributed by atoms with van der Waals surface area (Å²) in [6.07, 6.45) is 0.607. The number of hydrogen-bond acceptors (Lipinski definition) is 7. The zero-order chi connectivity index (χ0) is 21.0. The van der Waals surface area contributed by atoms with Gasteiger partial charge in [0, 0.05) is 38.2 Å². The summed E-state index contributed by atoms with van der Waals surface area (Å²) in [5.41, 5.74) is 3.38.